The number of likely N-dealkylation sites (tertiary alicyclic amines) is 1. The Kier molecular flexibility index (Phi) is 10.4. The number of rotatable bonds is 6. The number of ether oxygens (including phenoxy) is 1. The fraction of sp³-hybridized carbons (Fsp3) is 0.391. The maximum Gasteiger partial charge on any atom is 0.226 e. The number of hydrogen-bond donors (Lipinski definition) is 2. The minimum absolute atomic E-state index is 0. The van der Waals surface area contributed by atoms with Gasteiger partial charge < -0.3 is 20.3 Å². The molecule has 1 heterocycles. The molecule has 8 heteroatoms. The number of aliphatic imine (C=N–C) groups is 1. The molecule has 0 aliphatic carbocycles. The van der Waals surface area contributed by atoms with Crippen molar-refractivity contribution < 1.29 is 9.53 Å². The second-order valence-corrected chi connectivity index (χ2v) is 7.71. The second-order valence-electron chi connectivity index (χ2n) is 7.30. The van der Waals surface area contributed by atoms with Crippen molar-refractivity contribution in [3.63, 3.8) is 0 Å². The molecule has 0 atom stereocenters. The third-order valence-corrected chi connectivity index (χ3v) is 5.59. The van der Waals surface area contributed by atoms with E-state index < -0.39 is 0 Å². The molecule has 2 aromatic rings. The summed E-state index contributed by atoms with van der Waals surface area (Å²) < 4.78 is 6.05. The number of amides is 1. The Labute approximate surface area is 206 Å². The van der Waals surface area contributed by atoms with Gasteiger partial charge >= 0.3 is 0 Å². The first-order chi connectivity index (χ1) is 14.6. The highest BCUT2D eigenvalue weighted by Crippen LogP contribution is 2.23. The summed E-state index contributed by atoms with van der Waals surface area (Å²) in [5.74, 6) is 1.68. The van der Waals surface area contributed by atoms with Crippen LogP contribution in [0.15, 0.2) is 53.5 Å². The molecule has 1 aliphatic heterocycles. The number of guanidine groups is 1. The maximum atomic E-state index is 12.3. The van der Waals surface area contributed by atoms with E-state index in [-0.39, 0.29) is 36.0 Å². The Morgan fingerprint density at radius 3 is 2.55 bits per heavy atom. The summed E-state index contributed by atoms with van der Waals surface area (Å²) in [6, 6.07) is 15.4. The number of hydrogen-bond acceptors (Lipinski definition) is 3. The van der Waals surface area contributed by atoms with Crippen molar-refractivity contribution in [2.24, 2.45) is 4.99 Å². The van der Waals surface area contributed by atoms with Crippen LogP contribution >= 0.6 is 35.6 Å². The van der Waals surface area contributed by atoms with Gasteiger partial charge in [-0.15, -0.1) is 24.0 Å². The number of benzene rings is 2. The van der Waals surface area contributed by atoms with E-state index in [1.807, 2.05) is 55.5 Å². The van der Waals surface area contributed by atoms with E-state index in [9.17, 15) is 4.79 Å². The molecule has 0 saturated carbocycles. The molecule has 0 unspecified atom stereocenters. The molecule has 1 aliphatic rings. The number of halogens is 2. The molecule has 1 fully saturated rings. The molecule has 2 N–H and O–H groups in total. The topological polar surface area (TPSA) is 66.0 Å². The van der Waals surface area contributed by atoms with Gasteiger partial charge in [-0.3, -0.25) is 9.79 Å². The summed E-state index contributed by atoms with van der Waals surface area (Å²) in [5, 5.41) is 6.86. The third-order valence-electron chi connectivity index (χ3n) is 5.18. The van der Waals surface area contributed by atoms with Crippen LogP contribution in [0.2, 0.25) is 5.02 Å². The number of piperidine rings is 1. The molecule has 0 spiro atoms. The highest BCUT2D eigenvalue weighted by atomic mass is 127. The predicted octanol–water partition coefficient (Wildman–Crippen LogP) is 4.71. The standard InChI is InChI=1S/C23H29ClN4O2.HI/c1-17-20(24)9-6-10-21(17)27-22(29)11-14-26-23(25-2)28-15-12-19(13-16-28)30-18-7-4-3-5-8-18;/h3-10,19H,11-16H2,1-2H3,(H,25,26)(H,27,29);1H. The largest absolute Gasteiger partial charge is 0.490 e. The maximum absolute atomic E-state index is 12.3. The van der Waals surface area contributed by atoms with Crippen LogP contribution in [0.1, 0.15) is 24.8 Å². The average molecular weight is 557 g/mol. The van der Waals surface area contributed by atoms with E-state index in [4.69, 9.17) is 16.3 Å². The highest BCUT2D eigenvalue weighted by Gasteiger charge is 2.22. The summed E-state index contributed by atoms with van der Waals surface area (Å²) in [6.45, 7) is 4.14. The minimum Gasteiger partial charge on any atom is -0.490 e. The molecule has 0 bridgehead atoms. The van der Waals surface area contributed by atoms with Crippen molar-refractivity contribution in [3.8, 4) is 5.75 Å². The summed E-state index contributed by atoms with van der Waals surface area (Å²) in [6.07, 6.45) is 2.43. The van der Waals surface area contributed by atoms with Crippen molar-refractivity contribution in [1.29, 1.82) is 0 Å². The Morgan fingerprint density at radius 2 is 1.87 bits per heavy atom. The smallest absolute Gasteiger partial charge is 0.226 e. The Morgan fingerprint density at radius 1 is 1.16 bits per heavy atom. The van der Waals surface area contributed by atoms with Gasteiger partial charge in [0, 0.05) is 56.7 Å². The fourth-order valence-electron chi connectivity index (χ4n) is 3.45. The van der Waals surface area contributed by atoms with Gasteiger partial charge in [0.1, 0.15) is 11.9 Å². The van der Waals surface area contributed by atoms with Crippen molar-refractivity contribution in [2.45, 2.75) is 32.3 Å². The van der Waals surface area contributed by atoms with Crippen molar-refractivity contribution >= 4 is 53.1 Å². The van der Waals surface area contributed by atoms with Crippen LogP contribution in [0.5, 0.6) is 5.75 Å². The van der Waals surface area contributed by atoms with Gasteiger partial charge in [-0.05, 0) is 36.8 Å². The molecular weight excluding hydrogens is 527 g/mol. The Balaban J connectivity index is 0.00000341. The van der Waals surface area contributed by atoms with E-state index in [0.717, 1.165) is 48.9 Å². The zero-order valence-corrected chi connectivity index (χ0v) is 21.0. The zero-order valence-electron chi connectivity index (χ0n) is 17.9. The van der Waals surface area contributed by atoms with Crippen LogP contribution < -0.4 is 15.4 Å². The van der Waals surface area contributed by atoms with Crippen molar-refractivity contribution in [2.75, 3.05) is 32.0 Å². The summed E-state index contributed by atoms with van der Waals surface area (Å²) in [4.78, 5) is 18.9. The van der Waals surface area contributed by atoms with Gasteiger partial charge in [-0.2, -0.15) is 0 Å². The first-order valence-corrected chi connectivity index (χ1v) is 10.7. The molecule has 0 aromatic heterocycles. The average Bonchev–Trinajstić information content (AvgIpc) is 2.76. The quantitative estimate of drug-likeness (QED) is 0.307. The summed E-state index contributed by atoms with van der Waals surface area (Å²) >= 11 is 6.11. The van der Waals surface area contributed by atoms with Gasteiger partial charge in [0.15, 0.2) is 5.96 Å². The van der Waals surface area contributed by atoms with Gasteiger partial charge in [0.05, 0.1) is 0 Å². The number of carbonyl (C=O) groups excluding carboxylic acids is 1. The highest BCUT2D eigenvalue weighted by molar-refractivity contribution is 14.0. The van der Waals surface area contributed by atoms with Crippen LogP contribution in [0.25, 0.3) is 0 Å². The molecule has 168 valence electrons. The first kappa shape index (κ1) is 25.3. The van der Waals surface area contributed by atoms with Crippen LogP contribution in [0.3, 0.4) is 0 Å². The molecule has 31 heavy (non-hydrogen) atoms. The van der Waals surface area contributed by atoms with Gasteiger partial charge in [-0.25, -0.2) is 0 Å². The number of nitrogens with one attached hydrogen (secondary N) is 2. The summed E-state index contributed by atoms with van der Waals surface area (Å²) in [5.41, 5.74) is 1.62. The van der Waals surface area contributed by atoms with Gasteiger partial charge in [0.25, 0.3) is 0 Å². The van der Waals surface area contributed by atoms with E-state index in [2.05, 4.69) is 20.5 Å². The van der Waals surface area contributed by atoms with Crippen LogP contribution in [-0.4, -0.2) is 49.6 Å². The van der Waals surface area contributed by atoms with Crippen LogP contribution in [0.4, 0.5) is 5.69 Å². The lowest BCUT2D eigenvalue weighted by Gasteiger charge is -2.34. The van der Waals surface area contributed by atoms with Gasteiger partial charge in [0.2, 0.25) is 5.91 Å². The van der Waals surface area contributed by atoms with E-state index >= 15 is 0 Å². The normalized spacial score (nSPS) is 14.5. The lowest BCUT2D eigenvalue weighted by Crippen LogP contribution is -2.48. The molecule has 0 radical (unpaired) electrons. The van der Waals surface area contributed by atoms with E-state index in [0.29, 0.717) is 18.0 Å². The molecule has 6 nitrogen and oxygen atoms in total. The zero-order chi connectivity index (χ0) is 21.3. The molecular formula is C23H30ClIN4O2. The monoisotopic (exact) mass is 556 g/mol. The molecule has 2 aromatic carbocycles. The predicted molar refractivity (Wildman–Crippen MR) is 138 cm³/mol. The fourth-order valence-corrected chi connectivity index (χ4v) is 3.63. The Bertz CT molecular complexity index is 871. The third kappa shape index (κ3) is 7.57. The van der Waals surface area contributed by atoms with Crippen molar-refractivity contribution in [1.82, 2.24) is 10.2 Å². The molecule has 1 saturated heterocycles. The second kappa shape index (κ2) is 12.8. The van der Waals surface area contributed by atoms with E-state index in [1.54, 1.807) is 7.05 Å². The van der Waals surface area contributed by atoms with Crippen LogP contribution in [-0.2, 0) is 4.79 Å². The van der Waals surface area contributed by atoms with Gasteiger partial charge in [-0.1, -0.05) is 35.9 Å². The SMILES string of the molecule is CN=C(NCCC(=O)Nc1cccc(Cl)c1C)N1CCC(Oc2ccccc2)CC1.I. The van der Waals surface area contributed by atoms with E-state index in [1.165, 1.54) is 0 Å². The minimum atomic E-state index is -0.0571. The lowest BCUT2D eigenvalue weighted by molar-refractivity contribution is -0.116. The molecule has 3 rings (SSSR count). The lowest BCUT2D eigenvalue weighted by atomic mass is 10.1. The number of anilines is 1. The summed E-state index contributed by atoms with van der Waals surface area (Å²) in [7, 11) is 1.77. The Hall–Kier alpha value is -2.00. The van der Waals surface area contributed by atoms with Crippen LogP contribution in [0, 0.1) is 6.92 Å². The first-order valence-electron chi connectivity index (χ1n) is 10.3. The molecule has 1 amide bonds. The number of para-hydroxylation sites is 1. The number of nitrogens with zero attached hydrogens (tertiary/aromatic N) is 2. The number of carbonyl (C=O) groups is 1. The van der Waals surface area contributed by atoms with Crippen molar-refractivity contribution in [3.05, 3.63) is 59.1 Å².